The highest BCUT2D eigenvalue weighted by Crippen LogP contribution is 2.22. The number of nitrogens with one attached hydrogen (secondary N) is 1. The van der Waals surface area contributed by atoms with E-state index in [0.29, 0.717) is 10.9 Å². The SMILES string of the molecule is CCS(=O)(=O)c1ccc(N2CCCC(NC)C2)cc1. The lowest BCUT2D eigenvalue weighted by Gasteiger charge is -2.34. The number of sulfone groups is 1. The van der Waals surface area contributed by atoms with Crippen LogP contribution in [-0.2, 0) is 9.84 Å². The van der Waals surface area contributed by atoms with Gasteiger partial charge in [-0.1, -0.05) is 6.92 Å². The van der Waals surface area contributed by atoms with E-state index in [9.17, 15) is 8.42 Å². The van der Waals surface area contributed by atoms with Crippen molar-refractivity contribution in [3.63, 3.8) is 0 Å². The van der Waals surface area contributed by atoms with Crippen molar-refractivity contribution >= 4 is 15.5 Å². The van der Waals surface area contributed by atoms with Crippen molar-refractivity contribution in [2.24, 2.45) is 0 Å². The highest BCUT2D eigenvalue weighted by Gasteiger charge is 2.19. The van der Waals surface area contributed by atoms with Gasteiger partial charge in [-0.15, -0.1) is 0 Å². The number of likely N-dealkylation sites (N-methyl/N-ethyl adjacent to an activating group) is 1. The number of piperidine rings is 1. The number of benzene rings is 1. The molecule has 1 atom stereocenters. The molecule has 0 aliphatic carbocycles. The molecule has 2 rings (SSSR count). The molecule has 0 spiro atoms. The average molecular weight is 282 g/mol. The summed E-state index contributed by atoms with van der Waals surface area (Å²) >= 11 is 0. The molecular weight excluding hydrogens is 260 g/mol. The fourth-order valence-electron chi connectivity index (χ4n) is 2.48. The largest absolute Gasteiger partial charge is 0.370 e. The van der Waals surface area contributed by atoms with Crippen molar-refractivity contribution in [3.05, 3.63) is 24.3 Å². The summed E-state index contributed by atoms with van der Waals surface area (Å²) in [6.07, 6.45) is 2.37. The van der Waals surface area contributed by atoms with Crippen molar-refractivity contribution in [2.75, 3.05) is 30.8 Å². The molecule has 4 nitrogen and oxygen atoms in total. The van der Waals surface area contributed by atoms with Gasteiger partial charge < -0.3 is 10.2 Å². The molecule has 1 fully saturated rings. The highest BCUT2D eigenvalue weighted by atomic mass is 32.2. The molecule has 0 saturated carbocycles. The molecule has 0 bridgehead atoms. The average Bonchev–Trinajstić information content (AvgIpc) is 2.47. The van der Waals surface area contributed by atoms with Gasteiger partial charge >= 0.3 is 0 Å². The molecule has 1 unspecified atom stereocenters. The Labute approximate surface area is 115 Å². The number of rotatable bonds is 4. The van der Waals surface area contributed by atoms with Gasteiger partial charge in [0.15, 0.2) is 9.84 Å². The molecule has 1 N–H and O–H groups in total. The molecule has 0 radical (unpaired) electrons. The molecule has 0 amide bonds. The number of nitrogens with zero attached hydrogens (tertiary/aromatic N) is 1. The van der Waals surface area contributed by atoms with Crippen molar-refractivity contribution in [2.45, 2.75) is 30.7 Å². The van der Waals surface area contributed by atoms with E-state index in [1.807, 2.05) is 19.2 Å². The first-order valence-electron chi connectivity index (χ1n) is 6.82. The van der Waals surface area contributed by atoms with E-state index in [1.54, 1.807) is 19.1 Å². The first-order valence-corrected chi connectivity index (χ1v) is 8.47. The smallest absolute Gasteiger partial charge is 0.178 e. The van der Waals surface area contributed by atoms with Crippen LogP contribution in [0.25, 0.3) is 0 Å². The molecule has 1 saturated heterocycles. The maximum Gasteiger partial charge on any atom is 0.178 e. The van der Waals surface area contributed by atoms with Gasteiger partial charge in [0.1, 0.15) is 0 Å². The van der Waals surface area contributed by atoms with Crippen LogP contribution in [0.5, 0.6) is 0 Å². The standard InChI is InChI=1S/C14H22N2O2S/c1-3-19(17,18)14-8-6-13(7-9-14)16-10-4-5-12(11-16)15-2/h6-9,12,15H,3-5,10-11H2,1-2H3. The van der Waals surface area contributed by atoms with Crippen LogP contribution in [-0.4, -0.2) is 40.3 Å². The predicted molar refractivity (Wildman–Crippen MR) is 78.5 cm³/mol. The van der Waals surface area contributed by atoms with E-state index in [-0.39, 0.29) is 5.75 Å². The lowest BCUT2D eigenvalue weighted by molar-refractivity contribution is 0.449. The zero-order chi connectivity index (χ0) is 13.9. The first-order chi connectivity index (χ1) is 9.06. The van der Waals surface area contributed by atoms with E-state index < -0.39 is 9.84 Å². The number of hydrogen-bond acceptors (Lipinski definition) is 4. The molecular formula is C14H22N2O2S. The Hall–Kier alpha value is -1.07. The Morgan fingerprint density at radius 2 is 2.00 bits per heavy atom. The van der Waals surface area contributed by atoms with Crippen LogP contribution in [0.3, 0.4) is 0 Å². The van der Waals surface area contributed by atoms with E-state index in [0.717, 1.165) is 18.8 Å². The summed E-state index contributed by atoms with van der Waals surface area (Å²) in [6, 6.07) is 7.79. The second-order valence-electron chi connectivity index (χ2n) is 4.97. The zero-order valence-electron chi connectivity index (χ0n) is 11.6. The summed E-state index contributed by atoms with van der Waals surface area (Å²) in [4.78, 5) is 2.73. The van der Waals surface area contributed by atoms with E-state index >= 15 is 0 Å². The second-order valence-corrected chi connectivity index (χ2v) is 7.25. The quantitative estimate of drug-likeness (QED) is 0.912. The van der Waals surface area contributed by atoms with Gasteiger partial charge in [0.25, 0.3) is 0 Å². The van der Waals surface area contributed by atoms with Gasteiger partial charge in [0.2, 0.25) is 0 Å². The van der Waals surface area contributed by atoms with Crippen LogP contribution in [0, 0.1) is 0 Å². The Morgan fingerprint density at radius 3 is 2.58 bits per heavy atom. The third-order valence-corrected chi connectivity index (χ3v) is 5.52. The normalized spacial score (nSPS) is 20.5. The predicted octanol–water partition coefficient (Wildman–Crippen LogP) is 1.67. The molecule has 1 heterocycles. The highest BCUT2D eigenvalue weighted by molar-refractivity contribution is 7.91. The molecule has 1 aliphatic rings. The fourth-order valence-corrected chi connectivity index (χ4v) is 3.36. The third-order valence-electron chi connectivity index (χ3n) is 3.77. The van der Waals surface area contributed by atoms with E-state index in [4.69, 9.17) is 0 Å². The zero-order valence-corrected chi connectivity index (χ0v) is 12.4. The Bertz CT molecular complexity index is 511. The van der Waals surface area contributed by atoms with Crippen molar-refractivity contribution in [3.8, 4) is 0 Å². The summed E-state index contributed by atoms with van der Waals surface area (Å²) in [5.41, 5.74) is 1.11. The lowest BCUT2D eigenvalue weighted by atomic mass is 10.1. The number of anilines is 1. The van der Waals surface area contributed by atoms with Gasteiger partial charge in [0, 0.05) is 24.8 Å². The van der Waals surface area contributed by atoms with Gasteiger partial charge in [-0.25, -0.2) is 8.42 Å². The van der Waals surface area contributed by atoms with Crippen LogP contribution >= 0.6 is 0 Å². The molecule has 19 heavy (non-hydrogen) atoms. The topological polar surface area (TPSA) is 49.4 Å². The molecule has 1 aromatic carbocycles. The third kappa shape index (κ3) is 3.28. The van der Waals surface area contributed by atoms with Gasteiger partial charge in [-0.3, -0.25) is 0 Å². The Balaban J connectivity index is 2.14. The summed E-state index contributed by atoms with van der Waals surface area (Å²) in [7, 11) is -1.10. The maximum atomic E-state index is 11.8. The molecule has 1 aromatic rings. The molecule has 106 valence electrons. The summed E-state index contributed by atoms with van der Waals surface area (Å²) < 4.78 is 23.5. The Morgan fingerprint density at radius 1 is 1.32 bits per heavy atom. The minimum absolute atomic E-state index is 0.151. The Kier molecular flexibility index (Phi) is 4.47. The van der Waals surface area contributed by atoms with Crippen LogP contribution in [0.15, 0.2) is 29.2 Å². The number of hydrogen-bond donors (Lipinski definition) is 1. The van der Waals surface area contributed by atoms with Gasteiger partial charge in [-0.05, 0) is 44.2 Å². The van der Waals surface area contributed by atoms with E-state index in [1.165, 1.54) is 12.8 Å². The van der Waals surface area contributed by atoms with Crippen LogP contribution in [0.2, 0.25) is 0 Å². The second kappa shape index (κ2) is 5.92. The van der Waals surface area contributed by atoms with Crippen molar-refractivity contribution < 1.29 is 8.42 Å². The molecule has 1 aliphatic heterocycles. The van der Waals surface area contributed by atoms with Crippen LogP contribution < -0.4 is 10.2 Å². The van der Waals surface area contributed by atoms with Crippen molar-refractivity contribution in [1.82, 2.24) is 5.32 Å². The first kappa shape index (κ1) is 14.3. The van der Waals surface area contributed by atoms with Gasteiger partial charge in [0.05, 0.1) is 10.6 Å². The minimum Gasteiger partial charge on any atom is -0.370 e. The minimum atomic E-state index is -3.09. The van der Waals surface area contributed by atoms with Crippen molar-refractivity contribution in [1.29, 1.82) is 0 Å². The van der Waals surface area contributed by atoms with Gasteiger partial charge in [-0.2, -0.15) is 0 Å². The maximum absolute atomic E-state index is 11.8. The molecule has 0 aromatic heterocycles. The monoisotopic (exact) mass is 282 g/mol. The fraction of sp³-hybridized carbons (Fsp3) is 0.571. The summed E-state index contributed by atoms with van der Waals surface area (Å²) in [6.45, 7) is 3.69. The van der Waals surface area contributed by atoms with Crippen LogP contribution in [0.1, 0.15) is 19.8 Å². The molecule has 5 heteroatoms. The summed E-state index contributed by atoms with van der Waals surface area (Å²) in [5.74, 6) is 0.151. The lowest BCUT2D eigenvalue weighted by Crippen LogP contribution is -2.44. The summed E-state index contributed by atoms with van der Waals surface area (Å²) in [5, 5.41) is 3.31. The van der Waals surface area contributed by atoms with E-state index in [2.05, 4.69) is 10.2 Å². The van der Waals surface area contributed by atoms with Crippen LogP contribution in [0.4, 0.5) is 5.69 Å².